The van der Waals surface area contributed by atoms with Crippen molar-refractivity contribution in [1.29, 1.82) is 0 Å². The van der Waals surface area contributed by atoms with Gasteiger partial charge in [-0.1, -0.05) is 48.5 Å². The van der Waals surface area contributed by atoms with Crippen molar-refractivity contribution in [2.45, 2.75) is 19.3 Å². The molecule has 130 valence electrons. The molecule has 0 aromatic heterocycles. The lowest BCUT2D eigenvalue weighted by atomic mass is 10.2. The van der Waals surface area contributed by atoms with E-state index in [4.69, 9.17) is 15.2 Å². The number of nitrogens with two attached hydrogens (primary N) is 1. The van der Waals surface area contributed by atoms with E-state index in [9.17, 15) is 4.79 Å². The van der Waals surface area contributed by atoms with Gasteiger partial charge in [0.05, 0.1) is 0 Å². The molecule has 5 nitrogen and oxygen atoms in total. The van der Waals surface area contributed by atoms with Gasteiger partial charge in [0.2, 0.25) is 0 Å². The van der Waals surface area contributed by atoms with Crippen molar-refractivity contribution in [3.05, 3.63) is 65.7 Å². The van der Waals surface area contributed by atoms with E-state index in [2.05, 4.69) is 5.32 Å². The zero-order chi connectivity index (χ0) is 16.5. The van der Waals surface area contributed by atoms with Crippen LogP contribution in [0.25, 0.3) is 0 Å². The Labute approximate surface area is 148 Å². The van der Waals surface area contributed by atoms with Crippen LogP contribution in [0.5, 0.6) is 5.75 Å². The van der Waals surface area contributed by atoms with Crippen molar-refractivity contribution < 1.29 is 14.3 Å². The number of para-hydroxylation sites is 1. The highest BCUT2D eigenvalue weighted by atomic mass is 35.5. The van der Waals surface area contributed by atoms with Gasteiger partial charge in [-0.25, -0.2) is 0 Å². The Morgan fingerprint density at radius 3 is 2.46 bits per heavy atom. The molecular formula is C18H23ClN2O3. The van der Waals surface area contributed by atoms with Crippen molar-refractivity contribution in [2.75, 3.05) is 13.7 Å². The first-order valence-electron chi connectivity index (χ1n) is 7.49. The molecule has 0 aliphatic carbocycles. The molecule has 6 heteroatoms. The molecule has 0 radical (unpaired) electrons. The first-order valence-corrected chi connectivity index (χ1v) is 7.49. The summed E-state index contributed by atoms with van der Waals surface area (Å²) in [6.07, 6.45) is -0.632. The average molecular weight is 351 g/mol. The van der Waals surface area contributed by atoms with Crippen LogP contribution >= 0.6 is 12.4 Å². The third-order valence-corrected chi connectivity index (χ3v) is 3.45. The fourth-order valence-corrected chi connectivity index (χ4v) is 2.13. The van der Waals surface area contributed by atoms with Crippen LogP contribution in [-0.4, -0.2) is 25.7 Å². The van der Waals surface area contributed by atoms with Crippen LogP contribution < -0.4 is 15.8 Å². The molecule has 0 spiro atoms. The molecule has 1 atom stereocenters. The van der Waals surface area contributed by atoms with Crippen molar-refractivity contribution in [3.63, 3.8) is 0 Å². The maximum absolute atomic E-state index is 11.9. The molecule has 0 aliphatic heterocycles. The number of hydrogen-bond donors (Lipinski definition) is 2. The third-order valence-electron chi connectivity index (χ3n) is 3.45. The molecule has 3 N–H and O–H groups in total. The van der Waals surface area contributed by atoms with Crippen molar-refractivity contribution in [2.24, 2.45) is 5.73 Å². The predicted molar refractivity (Wildman–Crippen MR) is 96.2 cm³/mol. The summed E-state index contributed by atoms with van der Waals surface area (Å²) < 4.78 is 10.9. The highest BCUT2D eigenvalue weighted by molar-refractivity contribution is 5.85. The fraction of sp³-hybridized carbons (Fsp3) is 0.278. The maximum atomic E-state index is 11.9. The van der Waals surface area contributed by atoms with Gasteiger partial charge in [-0.05, 0) is 11.6 Å². The second-order valence-corrected chi connectivity index (χ2v) is 5.06. The van der Waals surface area contributed by atoms with E-state index in [0.29, 0.717) is 13.2 Å². The summed E-state index contributed by atoms with van der Waals surface area (Å²) in [6, 6.07) is 17.6. The van der Waals surface area contributed by atoms with Gasteiger partial charge in [0, 0.05) is 25.8 Å². The number of nitrogens with one attached hydrogen (secondary N) is 1. The minimum Gasteiger partial charge on any atom is -0.489 e. The lowest BCUT2D eigenvalue weighted by Crippen LogP contribution is -2.40. The van der Waals surface area contributed by atoms with E-state index in [1.54, 1.807) is 0 Å². The largest absolute Gasteiger partial charge is 0.489 e. The number of benzene rings is 2. The monoisotopic (exact) mass is 350 g/mol. The van der Waals surface area contributed by atoms with Crippen molar-refractivity contribution >= 4 is 18.3 Å². The lowest BCUT2D eigenvalue weighted by molar-refractivity contribution is -0.130. The Balaban J connectivity index is 0.00000288. The van der Waals surface area contributed by atoms with Crippen LogP contribution in [0.4, 0.5) is 0 Å². The third kappa shape index (κ3) is 5.85. The van der Waals surface area contributed by atoms with E-state index < -0.39 is 6.10 Å². The molecule has 24 heavy (non-hydrogen) atoms. The SMILES string of the molecule is COC(CN)C(=O)NCc1ccccc1OCc1ccccc1.Cl. The molecular weight excluding hydrogens is 328 g/mol. The van der Waals surface area contributed by atoms with E-state index in [1.807, 2.05) is 54.6 Å². The van der Waals surface area contributed by atoms with E-state index in [0.717, 1.165) is 16.9 Å². The van der Waals surface area contributed by atoms with Crippen LogP contribution in [0.3, 0.4) is 0 Å². The van der Waals surface area contributed by atoms with Crippen LogP contribution in [-0.2, 0) is 22.7 Å². The molecule has 1 amide bonds. The van der Waals surface area contributed by atoms with Crippen LogP contribution in [0.2, 0.25) is 0 Å². The van der Waals surface area contributed by atoms with Crippen LogP contribution in [0, 0.1) is 0 Å². The van der Waals surface area contributed by atoms with Gasteiger partial charge in [-0.3, -0.25) is 4.79 Å². The van der Waals surface area contributed by atoms with E-state index in [1.165, 1.54) is 7.11 Å². The number of carbonyl (C=O) groups excluding carboxylic acids is 1. The minimum atomic E-state index is -0.632. The molecule has 0 aliphatic rings. The van der Waals surface area contributed by atoms with Gasteiger partial charge in [0.15, 0.2) is 0 Å². The Morgan fingerprint density at radius 2 is 1.79 bits per heavy atom. The van der Waals surface area contributed by atoms with E-state index in [-0.39, 0.29) is 24.9 Å². The molecule has 0 saturated carbocycles. The lowest BCUT2D eigenvalue weighted by Gasteiger charge is -2.15. The molecule has 0 heterocycles. The number of methoxy groups -OCH3 is 1. The topological polar surface area (TPSA) is 73.6 Å². The second kappa shape index (κ2) is 10.6. The number of ether oxygens (including phenoxy) is 2. The molecule has 2 aromatic rings. The first kappa shape index (κ1) is 20.0. The van der Waals surface area contributed by atoms with Gasteiger partial charge in [-0.2, -0.15) is 0 Å². The normalized spacial score (nSPS) is 11.2. The molecule has 0 fully saturated rings. The Kier molecular flexibility index (Phi) is 8.86. The summed E-state index contributed by atoms with van der Waals surface area (Å²) in [7, 11) is 1.47. The van der Waals surface area contributed by atoms with Crippen LogP contribution in [0.1, 0.15) is 11.1 Å². The number of carbonyl (C=O) groups is 1. The maximum Gasteiger partial charge on any atom is 0.250 e. The number of rotatable bonds is 8. The highest BCUT2D eigenvalue weighted by Gasteiger charge is 2.15. The van der Waals surface area contributed by atoms with E-state index >= 15 is 0 Å². The summed E-state index contributed by atoms with van der Waals surface area (Å²) in [5.74, 6) is 0.520. The summed E-state index contributed by atoms with van der Waals surface area (Å²) >= 11 is 0. The Bertz CT molecular complexity index is 619. The summed E-state index contributed by atoms with van der Waals surface area (Å²) in [6.45, 7) is 0.993. The standard InChI is InChI=1S/C18H22N2O3.ClH/c1-22-17(11-19)18(21)20-12-15-9-5-6-10-16(15)23-13-14-7-3-2-4-8-14;/h2-10,17H,11-13,19H2,1H3,(H,20,21);1H. The molecule has 2 aromatic carbocycles. The second-order valence-electron chi connectivity index (χ2n) is 5.06. The molecule has 0 saturated heterocycles. The number of halogens is 1. The Morgan fingerprint density at radius 1 is 1.12 bits per heavy atom. The summed E-state index contributed by atoms with van der Waals surface area (Å²) in [5.41, 5.74) is 7.48. The molecule has 2 rings (SSSR count). The zero-order valence-corrected chi connectivity index (χ0v) is 14.4. The van der Waals surface area contributed by atoms with Crippen LogP contribution in [0.15, 0.2) is 54.6 Å². The fourth-order valence-electron chi connectivity index (χ4n) is 2.13. The first-order chi connectivity index (χ1) is 11.2. The van der Waals surface area contributed by atoms with Crippen molar-refractivity contribution in [1.82, 2.24) is 5.32 Å². The quantitative estimate of drug-likeness (QED) is 0.766. The van der Waals surface area contributed by atoms with Gasteiger partial charge in [-0.15, -0.1) is 12.4 Å². The molecule has 1 unspecified atom stereocenters. The minimum absolute atomic E-state index is 0. The molecule has 0 bridgehead atoms. The summed E-state index contributed by atoms with van der Waals surface area (Å²) in [4.78, 5) is 11.9. The van der Waals surface area contributed by atoms with Crippen molar-refractivity contribution in [3.8, 4) is 5.75 Å². The smallest absolute Gasteiger partial charge is 0.250 e. The average Bonchev–Trinajstić information content (AvgIpc) is 2.61. The zero-order valence-electron chi connectivity index (χ0n) is 13.6. The van der Waals surface area contributed by atoms with Gasteiger partial charge in [0.1, 0.15) is 18.5 Å². The van der Waals surface area contributed by atoms with Gasteiger partial charge >= 0.3 is 0 Å². The van der Waals surface area contributed by atoms with Gasteiger partial charge < -0.3 is 20.5 Å². The Hall–Kier alpha value is -2.08. The number of hydrogen-bond acceptors (Lipinski definition) is 4. The van der Waals surface area contributed by atoms with Gasteiger partial charge in [0.25, 0.3) is 5.91 Å². The summed E-state index contributed by atoms with van der Waals surface area (Å²) in [5, 5.41) is 2.82. The highest BCUT2D eigenvalue weighted by Crippen LogP contribution is 2.19. The number of amides is 1. The predicted octanol–water partition coefficient (Wildman–Crippen LogP) is 2.28.